The molecule has 0 aliphatic heterocycles. The number of carbonyl (C=O) groups is 2. The standard InChI is InChI=1S/C28H23FO3/c1-32-16-4-7-24-23-15-14-21-20-6-3-2-5-17(20)10-13-22(21)26(23)28(31)25(27(24)30)18-8-11-19(29)12-9-18/h2-3,5-6,8-15,24-25H,4,7,16H2,1H3. The Balaban J connectivity index is 1.73. The minimum absolute atomic E-state index is 0.120. The summed E-state index contributed by atoms with van der Waals surface area (Å²) in [5.74, 6) is -2.04. The topological polar surface area (TPSA) is 43.4 Å². The second-order valence-corrected chi connectivity index (χ2v) is 8.35. The van der Waals surface area contributed by atoms with Gasteiger partial charge in [-0.05, 0) is 57.6 Å². The van der Waals surface area contributed by atoms with Gasteiger partial charge in [-0.1, -0.05) is 60.7 Å². The number of Topliss-reactive ketones (excluding diaryl/α,β-unsaturated/α-hetero) is 2. The van der Waals surface area contributed by atoms with Gasteiger partial charge in [-0.25, -0.2) is 4.39 Å². The van der Waals surface area contributed by atoms with E-state index in [0.29, 0.717) is 30.6 Å². The molecule has 0 saturated heterocycles. The molecule has 0 bridgehead atoms. The number of hydrogen-bond donors (Lipinski definition) is 0. The number of rotatable bonds is 5. The van der Waals surface area contributed by atoms with Crippen molar-refractivity contribution in [3.8, 4) is 0 Å². The van der Waals surface area contributed by atoms with Crippen molar-refractivity contribution < 1.29 is 18.7 Å². The Morgan fingerprint density at radius 3 is 2.38 bits per heavy atom. The van der Waals surface area contributed by atoms with Gasteiger partial charge >= 0.3 is 0 Å². The molecule has 1 aliphatic carbocycles. The molecule has 4 heteroatoms. The SMILES string of the molecule is COCCCC1C(=O)C(c2ccc(F)cc2)C(=O)c2c1ccc1c2ccc2ccccc21. The van der Waals surface area contributed by atoms with Gasteiger partial charge in [0, 0.05) is 25.2 Å². The molecular weight excluding hydrogens is 403 g/mol. The van der Waals surface area contributed by atoms with Gasteiger partial charge < -0.3 is 4.74 Å². The van der Waals surface area contributed by atoms with Crippen LogP contribution in [0.3, 0.4) is 0 Å². The van der Waals surface area contributed by atoms with E-state index in [9.17, 15) is 14.0 Å². The van der Waals surface area contributed by atoms with Crippen molar-refractivity contribution in [3.05, 3.63) is 95.3 Å². The van der Waals surface area contributed by atoms with E-state index < -0.39 is 17.7 Å². The van der Waals surface area contributed by atoms with E-state index in [4.69, 9.17) is 4.74 Å². The van der Waals surface area contributed by atoms with Crippen molar-refractivity contribution in [1.29, 1.82) is 0 Å². The van der Waals surface area contributed by atoms with Gasteiger partial charge in [0.2, 0.25) is 0 Å². The Hall–Kier alpha value is -3.37. The van der Waals surface area contributed by atoms with Crippen LogP contribution in [0.25, 0.3) is 21.5 Å². The first kappa shape index (κ1) is 20.5. The number of hydrogen-bond acceptors (Lipinski definition) is 3. The lowest BCUT2D eigenvalue weighted by Gasteiger charge is -2.31. The van der Waals surface area contributed by atoms with Crippen LogP contribution in [-0.4, -0.2) is 25.3 Å². The lowest BCUT2D eigenvalue weighted by Crippen LogP contribution is -2.34. The molecule has 0 saturated carbocycles. The number of benzene rings is 4. The molecule has 5 rings (SSSR count). The van der Waals surface area contributed by atoms with Crippen LogP contribution in [0.4, 0.5) is 4.39 Å². The fraction of sp³-hybridized carbons (Fsp3) is 0.214. The quantitative estimate of drug-likeness (QED) is 0.217. The van der Waals surface area contributed by atoms with Gasteiger partial charge in [-0.15, -0.1) is 0 Å². The first-order valence-electron chi connectivity index (χ1n) is 10.9. The molecule has 0 fully saturated rings. The van der Waals surface area contributed by atoms with Crippen LogP contribution in [0.15, 0.2) is 72.8 Å². The number of fused-ring (bicyclic) bond motifs is 5. The molecule has 0 aromatic heterocycles. The Morgan fingerprint density at radius 1 is 0.844 bits per heavy atom. The third kappa shape index (κ3) is 3.32. The fourth-order valence-electron chi connectivity index (χ4n) is 5.00. The van der Waals surface area contributed by atoms with Gasteiger partial charge in [0.15, 0.2) is 11.6 Å². The van der Waals surface area contributed by atoms with Crippen LogP contribution in [-0.2, 0) is 9.53 Å². The molecule has 0 heterocycles. The minimum Gasteiger partial charge on any atom is -0.385 e. The van der Waals surface area contributed by atoms with Gasteiger partial charge in [-0.2, -0.15) is 0 Å². The van der Waals surface area contributed by atoms with Crippen LogP contribution in [0.2, 0.25) is 0 Å². The summed E-state index contributed by atoms with van der Waals surface area (Å²) in [4.78, 5) is 27.4. The highest BCUT2D eigenvalue weighted by molar-refractivity contribution is 6.26. The van der Waals surface area contributed by atoms with Crippen molar-refractivity contribution >= 4 is 33.1 Å². The first-order chi connectivity index (χ1) is 15.6. The summed E-state index contributed by atoms with van der Waals surface area (Å²) in [6.45, 7) is 0.548. The molecule has 2 unspecified atom stereocenters. The Labute approximate surface area is 185 Å². The lowest BCUT2D eigenvalue weighted by molar-refractivity contribution is -0.121. The number of carbonyl (C=O) groups excluding carboxylic acids is 2. The summed E-state index contributed by atoms with van der Waals surface area (Å²) in [5.41, 5.74) is 1.95. The van der Waals surface area contributed by atoms with Gasteiger partial charge in [0.25, 0.3) is 0 Å². The van der Waals surface area contributed by atoms with E-state index in [-0.39, 0.29) is 11.6 Å². The zero-order chi connectivity index (χ0) is 22.2. The van der Waals surface area contributed by atoms with Crippen molar-refractivity contribution in [2.75, 3.05) is 13.7 Å². The van der Waals surface area contributed by atoms with E-state index in [0.717, 1.165) is 27.1 Å². The smallest absolute Gasteiger partial charge is 0.178 e. The highest BCUT2D eigenvalue weighted by Crippen LogP contribution is 2.43. The van der Waals surface area contributed by atoms with Gasteiger partial charge in [-0.3, -0.25) is 9.59 Å². The van der Waals surface area contributed by atoms with Crippen LogP contribution >= 0.6 is 0 Å². The predicted molar refractivity (Wildman–Crippen MR) is 124 cm³/mol. The molecule has 0 N–H and O–H groups in total. The third-order valence-corrected chi connectivity index (χ3v) is 6.51. The summed E-state index contributed by atoms with van der Waals surface area (Å²) in [5, 5.41) is 4.04. The molecule has 160 valence electrons. The van der Waals surface area contributed by atoms with Crippen LogP contribution in [0, 0.1) is 5.82 Å². The fourth-order valence-corrected chi connectivity index (χ4v) is 5.00. The van der Waals surface area contributed by atoms with Crippen molar-refractivity contribution in [2.24, 2.45) is 0 Å². The van der Waals surface area contributed by atoms with Crippen molar-refractivity contribution in [2.45, 2.75) is 24.7 Å². The van der Waals surface area contributed by atoms with E-state index in [1.807, 2.05) is 36.4 Å². The zero-order valence-corrected chi connectivity index (χ0v) is 17.8. The predicted octanol–water partition coefficient (Wildman–Crippen LogP) is 6.19. The number of ether oxygens (including phenoxy) is 1. The summed E-state index contributed by atoms with van der Waals surface area (Å²) in [7, 11) is 1.64. The van der Waals surface area contributed by atoms with E-state index in [1.165, 1.54) is 12.1 Å². The van der Waals surface area contributed by atoms with E-state index in [2.05, 4.69) is 12.1 Å². The van der Waals surface area contributed by atoms with E-state index >= 15 is 0 Å². The molecular formula is C28H23FO3. The maximum Gasteiger partial charge on any atom is 0.178 e. The summed E-state index contributed by atoms with van der Waals surface area (Å²) in [6, 6.07) is 21.8. The largest absolute Gasteiger partial charge is 0.385 e. The maximum absolute atomic E-state index is 13.8. The van der Waals surface area contributed by atoms with Crippen molar-refractivity contribution in [3.63, 3.8) is 0 Å². The van der Waals surface area contributed by atoms with E-state index in [1.54, 1.807) is 19.2 Å². The summed E-state index contributed by atoms with van der Waals surface area (Å²) >= 11 is 0. The average Bonchev–Trinajstić information content (AvgIpc) is 2.81. The zero-order valence-electron chi connectivity index (χ0n) is 17.8. The molecule has 3 nitrogen and oxygen atoms in total. The molecule has 32 heavy (non-hydrogen) atoms. The van der Waals surface area contributed by atoms with Crippen molar-refractivity contribution in [1.82, 2.24) is 0 Å². The molecule has 0 radical (unpaired) electrons. The molecule has 4 aromatic carbocycles. The Morgan fingerprint density at radius 2 is 1.59 bits per heavy atom. The molecule has 4 aromatic rings. The minimum atomic E-state index is -0.923. The van der Waals surface area contributed by atoms with Crippen LogP contribution < -0.4 is 0 Å². The molecule has 0 amide bonds. The maximum atomic E-state index is 13.8. The third-order valence-electron chi connectivity index (χ3n) is 6.51. The highest BCUT2D eigenvalue weighted by atomic mass is 19.1. The Bertz CT molecular complexity index is 1340. The van der Waals surface area contributed by atoms with Gasteiger partial charge in [0.1, 0.15) is 11.7 Å². The van der Waals surface area contributed by atoms with Gasteiger partial charge in [0.05, 0.1) is 0 Å². The molecule has 0 spiro atoms. The summed E-state index contributed by atoms with van der Waals surface area (Å²) in [6.07, 6.45) is 1.32. The van der Waals surface area contributed by atoms with Crippen LogP contribution in [0.5, 0.6) is 0 Å². The number of halogens is 1. The number of ketones is 2. The normalized spacial score (nSPS) is 18.3. The first-order valence-corrected chi connectivity index (χ1v) is 10.9. The molecule has 2 atom stereocenters. The molecule has 1 aliphatic rings. The monoisotopic (exact) mass is 426 g/mol. The number of methoxy groups -OCH3 is 1. The van der Waals surface area contributed by atoms with Crippen LogP contribution in [0.1, 0.15) is 46.2 Å². The summed E-state index contributed by atoms with van der Waals surface area (Å²) < 4.78 is 18.7. The second kappa shape index (κ2) is 8.29. The highest BCUT2D eigenvalue weighted by Gasteiger charge is 2.42. The average molecular weight is 426 g/mol. The lowest BCUT2D eigenvalue weighted by atomic mass is 9.69. The second-order valence-electron chi connectivity index (χ2n) is 8.35. The Kier molecular flexibility index (Phi) is 5.32.